The predicted molar refractivity (Wildman–Crippen MR) is 50.8 cm³/mol. The summed E-state index contributed by atoms with van der Waals surface area (Å²) in [6, 6.07) is 0. The van der Waals surface area contributed by atoms with E-state index in [2.05, 4.69) is 12.0 Å². The van der Waals surface area contributed by atoms with Gasteiger partial charge in [0.2, 0.25) is 0 Å². The molecular weight excluding hydrogens is 158 g/mol. The fourth-order valence-corrected chi connectivity index (χ4v) is 2.13. The summed E-state index contributed by atoms with van der Waals surface area (Å²) in [5.74, 6) is 0. The van der Waals surface area contributed by atoms with Crippen molar-refractivity contribution in [2.45, 2.75) is 18.6 Å². The van der Waals surface area contributed by atoms with Crippen LogP contribution in [0, 0.1) is 0 Å². The molecule has 1 aliphatic heterocycles. The third-order valence-corrected chi connectivity index (χ3v) is 2.68. The molecule has 11 heavy (non-hydrogen) atoms. The van der Waals surface area contributed by atoms with E-state index in [0.717, 1.165) is 19.5 Å². The molecule has 0 amide bonds. The third kappa shape index (κ3) is 2.71. The SMILES string of the molecule is CC(CCN)SC1=NN(C)C1. The third-order valence-electron chi connectivity index (χ3n) is 1.56. The first-order valence-electron chi connectivity index (χ1n) is 3.87. The van der Waals surface area contributed by atoms with Gasteiger partial charge in [-0.05, 0) is 13.0 Å². The minimum absolute atomic E-state index is 0.618. The molecule has 0 aromatic heterocycles. The lowest BCUT2D eigenvalue weighted by Crippen LogP contribution is -2.31. The molecule has 0 saturated carbocycles. The van der Waals surface area contributed by atoms with E-state index in [1.54, 1.807) is 0 Å². The molecule has 1 heterocycles. The Morgan fingerprint density at radius 1 is 1.82 bits per heavy atom. The topological polar surface area (TPSA) is 41.6 Å². The molecule has 0 aromatic carbocycles. The zero-order valence-corrected chi connectivity index (χ0v) is 7.90. The molecular formula is C7H15N3S. The van der Waals surface area contributed by atoms with Gasteiger partial charge in [-0.2, -0.15) is 5.10 Å². The fourth-order valence-electron chi connectivity index (χ4n) is 0.962. The summed E-state index contributed by atoms with van der Waals surface area (Å²) in [5, 5.41) is 8.02. The maximum Gasteiger partial charge on any atom is 0.115 e. The van der Waals surface area contributed by atoms with Gasteiger partial charge in [-0.1, -0.05) is 6.92 Å². The molecule has 0 spiro atoms. The Bertz CT molecular complexity index is 158. The van der Waals surface area contributed by atoms with E-state index in [-0.39, 0.29) is 0 Å². The first-order chi connectivity index (χ1) is 5.22. The highest BCUT2D eigenvalue weighted by Crippen LogP contribution is 2.20. The lowest BCUT2D eigenvalue weighted by Gasteiger charge is -2.26. The van der Waals surface area contributed by atoms with E-state index < -0.39 is 0 Å². The zero-order chi connectivity index (χ0) is 8.27. The molecule has 0 bridgehead atoms. The second kappa shape index (κ2) is 3.97. The minimum atomic E-state index is 0.618. The maximum absolute atomic E-state index is 5.43. The van der Waals surface area contributed by atoms with E-state index in [4.69, 9.17) is 5.73 Å². The van der Waals surface area contributed by atoms with E-state index in [0.29, 0.717) is 5.25 Å². The van der Waals surface area contributed by atoms with E-state index in [9.17, 15) is 0 Å². The molecule has 1 unspecified atom stereocenters. The monoisotopic (exact) mass is 173 g/mol. The second-order valence-corrected chi connectivity index (χ2v) is 4.33. The Kier molecular flexibility index (Phi) is 3.20. The summed E-state index contributed by atoms with van der Waals surface area (Å²) in [7, 11) is 1.98. The van der Waals surface area contributed by atoms with Crippen LogP contribution in [0.2, 0.25) is 0 Å². The molecule has 1 aliphatic rings. The van der Waals surface area contributed by atoms with Gasteiger partial charge in [0.15, 0.2) is 0 Å². The highest BCUT2D eigenvalue weighted by atomic mass is 32.2. The van der Waals surface area contributed by atoms with Crippen LogP contribution in [0.5, 0.6) is 0 Å². The number of nitrogens with zero attached hydrogens (tertiary/aromatic N) is 2. The normalized spacial score (nSPS) is 19.2. The zero-order valence-electron chi connectivity index (χ0n) is 7.08. The van der Waals surface area contributed by atoms with Gasteiger partial charge in [-0.15, -0.1) is 11.8 Å². The van der Waals surface area contributed by atoms with E-state index in [1.807, 2.05) is 23.8 Å². The minimum Gasteiger partial charge on any atom is -0.330 e. The maximum atomic E-state index is 5.43. The van der Waals surface area contributed by atoms with Crippen LogP contribution in [0.1, 0.15) is 13.3 Å². The van der Waals surface area contributed by atoms with Crippen molar-refractivity contribution >= 4 is 16.8 Å². The summed E-state index contributed by atoms with van der Waals surface area (Å²) < 4.78 is 0. The van der Waals surface area contributed by atoms with E-state index in [1.165, 1.54) is 5.04 Å². The number of hydrogen-bond acceptors (Lipinski definition) is 4. The lowest BCUT2D eigenvalue weighted by molar-refractivity contribution is 0.366. The van der Waals surface area contributed by atoms with Crippen LogP contribution in [0.4, 0.5) is 0 Å². The van der Waals surface area contributed by atoms with Gasteiger partial charge in [0.1, 0.15) is 5.04 Å². The van der Waals surface area contributed by atoms with Crippen LogP contribution in [-0.4, -0.2) is 35.4 Å². The van der Waals surface area contributed by atoms with Crippen LogP contribution in [0.25, 0.3) is 0 Å². The second-order valence-electron chi connectivity index (χ2n) is 2.82. The molecule has 2 N–H and O–H groups in total. The smallest absolute Gasteiger partial charge is 0.115 e. The lowest BCUT2D eigenvalue weighted by atomic mass is 10.3. The number of hydrazone groups is 1. The van der Waals surface area contributed by atoms with Gasteiger partial charge >= 0.3 is 0 Å². The first kappa shape index (κ1) is 8.87. The Balaban J connectivity index is 2.16. The Morgan fingerprint density at radius 3 is 2.91 bits per heavy atom. The van der Waals surface area contributed by atoms with Crippen molar-refractivity contribution < 1.29 is 0 Å². The molecule has 0 aliphatic carbocycles. The summed E-state index contributed by atoms with van der Waals surface area (Å²) in [5.41, 5.74) is 5.43. The van der Waals surface area contributed by atoms with Crippen molar-refractivity contribution in [3.8, 4) is 0 Å². The van der Waals surface area contributed by atoms with Crippen LogP contribution in [0.15, 0.2) is 5.10 Å². The van der Waals surface area contributed by atoms with Gasteiger partial charge in [0.25, 0.3) is 0 Å². The van der Waals surface area contributed by atoms with E-state index >= 15 is 0 Å². The number of nitrogens with two attached hydrogens (primary N) is 1. The quantitative estimate of drug-likeness (QED) is 0.683. The predicted octanol–water partition coefficient (Wildman–Crippen LogP) is 0.716. The molecule has 1 rings (SSSR count). The van der Waals surface area contributed by atoms with Crippen LogP contribution in [0.3, 0.4) is 0 Å². The summed E-state index contributed by atoms with van der Waals surface area (Å²) in [4.78, 5) is 0. The van der Waals surface area contributed by atoms with Crippen molar-refractivity contribution in [3.63, 3.8) is 0 Å². The highest BCUT2D eigenvalue weighted by Gasteiger charge is 2.16. The van der Waals surface area contributed by atoms with Crippen LogP contribution < -0.4 is 5.73 Å². The number of thioether (sulfide) groups is 1. The first-order valence-corrected chi connectivity index (χ1v) is 4.75. The van der Waals surface area contributed by atoms with Gasteiger partial charge in [-0.25, -0.2) is 0 Å². The Labute approximate surface area is 72.0 Å². The Hall–Kier alpha value is -0.220. The van der Waals surface area contributed by atoms with Crippen LogP contribution in [-0.2, 0) is 0 Å². The van der Waals surface area contributed by atoms with Gasteiger partial charge < -0.3 is 5.73 Å². The molecule has 0 saturated heterocycles. The van der Waals surface area contributed by atoms with Crippen molar-refractivity contribution in [1.29, 1.82) is 0 Å². The molecule has 3 nitrogen and oxygen atoms in total. The van der Waals surface area contributed by atoms with Gasteiger partial charge in [-0.3, -0.25) is 5.01 Å². The summed E-state index contributed by atoms with van der Waals surface area (Å²) >= 11 is 1.84. The fraction of sp³-hybridized carbons (Fsp3) is 0.857. The van der Waals surface area contributed by atoms with Crippen molar-refractivity contribution in [3.05, 3.63) is 0 Å². The highest BCUT2D eigenvalue weighted by molar-refractivity contribution is 8.14. The van der Waals surface area contributed by atoms with Gasteiger partial charge in [0.05, 0.1) is 6.54 Å². The molecule has 0 radical (unpaired) electrons. The number of rotatable bonds is 3. The Morgan fingerprint density at radius 2 is 2.45 bits per heavy atom. The molecule has 0 fully saturated rings. The van der Waals surface area contributed by atoms with Crippen molar-refractivity contribution in [2.24, 2.45) is 10.8 Å². The summed E-state index contributed by atoms with van der Waals surface area (Å²) in [6.45, 7) is 3.98. The molecule has 0 aromatic rings. The largest absolute Gasteiger partial charge is 0.330 e. The average Bonchev–Trinajstić information content (AvgIpc) is 1.85. The summed E-state index contributed by atoms with van der Waals surface area (Å²) in [6.07, 6.45) is 1.08. The standard InChI is InChI=1S/C7H15N3S/c1-6(3-4-8)11-7-5-10(2)9-7/h6H,3-5,8H2,1-2H3. The van der Waals surface area contributed by atoms with Crippen molar-refractivity contribution in [2.75, 3.05) is 20.1 Å². The van der Waals surface area contributed by atoms with Crippen molar-refractivity contribution in [1.82, 2.24) is 5.01 Å². The molecule has 4 heteroatoms. The average molecular weight is 173 g/mol. The van der Waals surface area contributed by atoms with Gasteiger partial charge in [0, 0.05) is 12.3 Å². The molecule has 1 atom stereocenters. The molecule has 64 valence electrons. The van der Waals surface area contributed by atoms with Crippen LogP contribution >= 0.6 is 11.8 Å². The number of hydrogen-bond donors (Lipinski definition) is 1.